The van der Waals surface area contributed by atoms with Gasteiger partial charge in [-0.25, -0.2) is 4.79 Å². The molecule has 2 aliphatic heterocycles. The van der Waals surface area contributed by atoms with Gasteiger partial charge in [0.15, 0.2) is 0 Å². The van der Waals surface area contributed by atoms with Crippen molar-refractivity contribution in [3.63, 3.8) is 0 Å². The zero-order chi connectivity index (χ0) is 16.7. The molecule has 2 saturated carbocycles. The first-order chi connectivity index (χ1) is 10.8. The van der Waals surface area contributed by atoms with Crippen LogP contribution in [0.5, 0.6) is 0 Å². The number of hydrogen-bond acceptors (Lipinski definition) is 6. The quantitative estimate of drug-likeness (QED) is 0.437. The molecule has 0 spiro atoms. The Hall–Kier alpha value is -1.40. The molecule has 0 aromatic heterocycles. The predicted octanol–water partition coefficient (Wildman–Crippen LogP) is 0.820. The fraction of sp³-hybridized carbons (Fsp3) is 0.765. The first-order valence-electron chi connectivity index (χ1n) is 8.17. The van der Waals surface area contributed by atoms with Crippen LogP contribution < -0.4 is 0 Å². The van der Waals surface area contributed by atoms with Crippen LogP contribution in [0.15, 0.2) is 12.2 Å². The van der Waals surface area contributed by atoms with E-state index in [4.69, 9.17) is 14.2 Å². The minimum Gasteiger partial charge on any atom is -0.461 e. The Balaban J connectivity index is 1.83. The highest BCUT2D eigenvalue weighted by atomic mass is 16.6. The number of epoxide rings is 1. The topological polar surface area (TPSA) is 85.4 Å². The second kappa shape index (κ2) is 4.57. The third-order valence-electron chi connectivity index (χ3n) is 6.33. The van der Waals surface area contributed by atoms with Gasteiger partial charge in [-0.3, -0.25) is 4.79 Å². The molecule has 0 aromatic rings. The van der Waals surface area contributed by atoms with Crippen LogP contribution in [0, 0.1) is 23.2 Å². The predicted molar refractivity (Wildman–Crippen MR) is 78.1 cm³/mol. The van der Waals surface area contributed by atoms with E-state index in [0.29, 0.717) is 12.0 Å². The Morgan fingerprint density at radius 3 is 2.83 bits per heavy atom. The average molecular weight is 322 g/mol. The van der Waals surface area contributed by atoms with E-state index >= 15 is 0 Å². The highest BCUT2D eigenvalue weighted by Gasteiger charge is 2.75. The van der Waals surface area contributed by atoms with Gasteiger partial charge >= 0.3 is 11.9 Å². The molecule has 6 heteroatoms. The minimum absolute atomic E-state index is 0.0623. The molecule has 0 amide bonds. The minimum atomic E-state index is -0.583. The smallest absolute Gasteiger partial charge is 0.334 e. The second-order valence-electron chi connectivity index (χ2n) is 7.64. The molecule has 0 unspecified atom stereocenters. The molecule has 9 atom stereocenters. The number of hydrogen-bond donors (Lipinski definition) is 1. The van der Waals surface area contributed by atoms with Gasteiger partial charge in [0.05, 0.1) is 18.1 Å². The van der Waals surface area contributed by atoms with Crippen LogP contribution in [0.4, 0.5) is 0 Å². The maximum Gasteiger partial charge on any atom is 0.334 e. The maximum atomic E-state index is 12.0. The molecule has 0 radical (unpaired) electrons. The number of carbonyl (C=O) groups excluding carboxylic acids is 2. The lowest BCUT2D eigenvalue weighted by Gasteiger charge is -2.42. The summed E-state index contributed by atoms with van der Waals surface area (Å²) >= 11 is 0. The van der Waals surface area contributed by atoms with Crippen LogP contribution in [0.3, 0.4) is 0 Å². The van der Waals surface area contributed by atoms with E-state index in [1.54, 1.807) is 0 Å². The molecule has 23 heavy (non-hydrogen) atoms. The summed E-state index contributed by atoms with van der Waals surface area (Å²) in [5, 5.41) is 10.6. The average Bonchev–Trinajstić information content (AvgIpc) is 3.17. The Labute approximate surface area is 134 Å². The van der Waals surface area contributed by atoms with Gasteiger partial charge in [-0.15, -0.1) is 0 Å². The van der Waals surface area contributed by atoms with Gasteiger partial charge in [-0.05, 0) is 12.3 Å². The third-order valence-corrected chi connectivity index (χ3v) is 6.33. The van der Waals surface area contributed by atoms with Crippen LogP contribution in [0.25, 0.3) is 0 Å². The van der Waals surface area contributed by atoms with E-state index in [9.17, 15) is 14.7 Å². The summed E-state index contributed by atoms with van der Waals surface area (Å²) in [6, 6.07) is 0. The normalized spacial score (nSPS) is 53.7. The molecule has 6 nitrogen and oxygen atoms in total. The molecule has 1 N–H and O–H groups in total. The fourth-order valence-electron chi connectivity index (χ4n) is 5.45. The summed E-state index contributed by atoms with van der Waals surface area (Å²) in [5.41, 5.74) is -0.195. The van der Waals surface area contributed by atoms with Crippen molar-refractivity contribution in [3.8, 4) is 0 Å². The Morgan fingerprint density at radius 2 is 2.17 bits per heavy atom. The van der Waals surface area contributed by atoms with Crippen molar-refractivity contribution < 1.29 is 28.9 Å². The van der Waals surface area contributed by atoms with E-state index in [-0.39, 0.29) is 36.1 Å². The largest absolute Gasteiger partial charge is 0.461 e. The van der Waals surface area contributed by atoms with E-state index in [1.807, 2.05) is 6.92 Å². The summed E-state index contributed by atoms with van der Waals surface area (Å²) in [4.78, 5) is 23.7. The molecular formula is C17H22O6. The van der Waals surface area contributed by atoms with E-state index < -0.39 is 29.6 Å². The van der Waals surface area contributed by atoms with Gasteiger partial charge in [-0.1, -0.05) is 20.4 Å². The Morgan fingerprint density at radius 1 is 1.48 bits per heavy atom. The number of ether oxygens (including phenoxy) is 3. The van der Waals surface area contributed by atoms with Crippen molar-refractivity contribution in [3.05, 3.63) is 12.2 Å². The van der Waals surface area contributed by atoms with Crippen molar-refractivity contribution in [2.75, 3.05) is 0 Å². The maximum absolute atomic E-state index is 12.0. The zero-order valence-electron chi connectivity index (χ0n) is 13.5. The lowest BCUT2D eigenvalue weighted by atomic mass is 9.67. The van der Waals surface area contributed by atoms with Crippen molar-refractivity contribution in [1.82, 2.24) is 0 Å². The molecular weight excluding hydrogens is 300 g/mol. The van der Waals surface area contributed by atoms with Crippen molar-refractivity contribution in [2.45, 2.75) is 57.7 Å². The Bertz CT molecular complexity index is 600. The highest BCUT2D eigenvalue weighted by Crippen LogP contribution is 2.64. The summed E-state index contributed by atoms with van der Waals surface area (Å²) < 4.78 is 16.8. The molecule has 0 bridgehead atoms. The van der Waals surface area contributed by atoms with E-state index in [1.165, 1.54) is 6.92 Å². The number of fused-ring (bicyclic) bond motifs is 4. The van der Waals surface area contributed by atoms with Crippen LogP contribution in [0.1, 0.15) is 27.2 Å². The van der Waals surface area contributed by atoms with Crippen LogP contribution >= 0.6 is 0 Å². The van der Waals surface area contributed by atoms with E-state index in [2.05, 4.69) is 13.5 Å². The standard InChI is InChI=1S/C17H22O6/c1-6-5-9-10(7(2)16(20)22-9)14(21-8(3)18)17(4)11(6)12(19)13-15(17)23-13/h6,9-15,19H,2,5H2,1,3-4H3/t6-,9-,10-,11-,12+,13+,14-,15+,17-/m1/s1. The number of aliphatic hydroxyl groups excluding tert-OH is 1. The van der Waals surface area contributed by atoms with Crippen LogP contribution in [-0.4, -0.2) is 47.6 Å². The molecule has 0 aromatic carbocycles. The molecule has 126 valence electrons. The fourth-order valence-corrected chi connectivity index (χ4v) is 5.45. The summed E-state index contributed by atoms with van der Waals surface area (Å²) in [5.74, 6) is -1.14. The van der Waals surface area contributed by atoms with E-state index in [0.717, 1.165) is 0 Å². The molecule has 2 saturated heterocycles. The molecule has 4 aliphatic rings. The lowest BCUT2D eigenvalue weighted by Crippen LogP contribution is -2.50. The summed E-state index contributed by atoms with van der Waals surface area (Å²) in [7, 11) is 0. The van der Waals surface area contributed by atoms with Crippen molar-refractivity contribution >= 4 is 11.9 Å². The number of carbonyl (C=O) groups is 2. The van der Waals surface area contributed by atoms with Crippen LogP contribution in [-0.2, 0) is 23.8 Å². The number of rotatable bonds is 1. The first-order valence-corrected chi connectivity index (χ1v) is 8.17. The van der Waals surface area contributed by atoms with Gasteiger partial charge in [0.2, 0.25) is 0 Å². The molecule has 2 aliphatic carbocycles. The highest BCUT2D eigenvalue weighted by molar-refractivity contribution is 5.91. The van der Waals surface area contributed by atoms with Gasteiger partial charge in [0.1, 0.15) is 18.3 Å². The first kappa shape index (κ1) is 15.1. The number of esters is 2. The molecule has 4 rings (SSSR count). The summed E-state index contributed by atoms with van der Waals surface area (Å²) in [6.07, 6.45) is -1.25. The van der Waals surface area contributed by atoms with Gasteiger partial charge in [-0.2, -0.15) is 0 Å². The number of aliphatic hydroxyl groups is 1. The molecule has 4 fully saturated rings. The van der Waals surface area contributed by atoms with Crippen LogP contribution in [0.2, 0.25) is 0 Å². The SMILES string of the molecule is C=C1C(=O)O[C@@H]2C[C@@H](C)[C@@H]3[C@H](O)[C@@H]4O[C@@H]4[C@@]3(C)[C@H](OC(C)=O)[C@H]12. The third kappa shape index (κ3) is 1.82. The lowest BCUT2D eigenvalue weighted by molar-refractivity contribution is -0.166. The monoisotopic (exact) mass is 322 g/mol. The molecule has 2 heterocycles. The van der Waals surface area contributed by atoms with Crippen molar-refractivity contribution in [1.29, 1.82) is 0 Å². The summed E-state index contributed by atoms with van der Waals surface area (Å²) in [6.45, 7) is 9.29. The van der Waals surface area contributed by atoms with Gasteiger partial charge in [0.25, 0.3) is 0 Å². The van der Waals surface area contributed by atoms with Gasteiger partial charge in [0, 0.05) is 23.8 Å². The Kier molecular flexibility index (Phi) is 3.01. The zero-order valence-corrected chi connectivity index (χ0v) is 13.5. The van der Waals surface area contributed by atoms with Gasteiger partial charge < -0.3 is 19.3 Å². The van der Waals surface area contributed by atoms with Crippen molar-refractivity contribution in [2.24, 2.45) is 23.2 Å². The second-order valence-corrected chi connectivity index (χ2v) is 7.64.